The van der Waals surface area contributed by atoms with E-state index in [2.05, 4.69) is 10.3 Å². The van der Waals surface area contributed by atoms with Crippen LogP contribution in [0.4, 0.5) is 5.69 Å². The van der Waals surface area contributed by atoms with Gasteiger partial charge in [-0.2, -0.15) is 0 Å². The van der Waals surface area contributed by atoms with Crippen LogP contribution < -0.4 is 34.6 Å². The second-order valence-corrected chi connectivity index (χ2v) is 11.6. The van der Waals surface area contributed by atoms with Crippen molar-refractivity contribution in [1.29, 1.82) is 0 Å². The van der Waals surface area contributed by atoms with Crippen molar-refractivity contribution >= 4 is 58.2 Å². The number of carbonyl (C=O) groups excluding carboxylic acids is 3. The number of nitrogens with one attached hydrogen (secondary N) is 1. The number of nitrogens with zero attached hydrogens (tertiary/aromatic N) is 3. The molecule has 1 saturated heterocycles. The molecule has 228 valence electrons. The van der Waals surface area contributed by atoms with Crippen molar-refractivity contribution in [2.45, 2.75) is 39.8 Å². The van der Waals surface area contributed by atoms with Gasteiger partial charge in [0.2, 0.25) is 11.8 Å². The van der Waals surface area contributed by atoms with Crippen molar-refractivity contribution in [1.82, 2.24) is 9.88 Å². The van der Waals surface area contributed by atoms with Gasteiger partial charge in [-0.15, -0.1) is 0 Å². The van der Waals surface area contributed by atoms with E-state index in [0.717, 1.165) is 11.3 Å². The molecule has 1 aromatic heterocycles. The summed E-state index contributed by atoms with van der Waals surface area (Å²) in [4.78, 5) is 59.9. The summed E-state index contributed by atoms with van der Waals surface area (Å²) in [7, 11) is 1.50. The van der Waals surface area contributed by atoms with E-state index >= 15 is 0 Å². The molecule has 44 heavy (non-hydrogen) atoms. The number of benzene rings is 2. The normalized spacial score (nSPS) is 18.6. The number of ether oxygens (including phenoxy) is 3. The number of allylic oxidation sites excluding steroid dienone is 1. The van der Waals surface area contributed by atoms with Crippen LogP contribution in [0.2, 0.25) is 0 Å². The molecule has 2 aromatic carbocycles. The Balaban J connectivity index is 1.66. The summed E-state index contributed by atoms with van der Waals surface area (Å²) in [5.74, 6) is -2.29. The maximum absolute atomic E-state index is 14.1. The lowest BCUT2D eigenvalue weighted by molar-refractivity contribution is -0.139. The minimum atomic E-state index is -1.33. The first-order valence-corrected chi connectivity index (χ1v) is 15.1. The van der Waals surface area contributed by atoms with Gasteiger partial charge in [0.05, 0.1) is 47.4 Å². The summed E-state index contributed by atoms with van der Waals surface area (Å²) in [6.07, 6.45) is 1.20. The number of para-hydroxylation sites is 1. The minimum Gasteiger partial charge on any atom is -0.493 e. The number of thiocarbonyl (C=S) groups is 1. The van der Waals surface area contributed by atoms with Crippen molar-refractivity contribution in [3.63, 3.8) is 0 Å². The highest BCUT2D eigenvalue weighted by Gasteiger charge is 2.39. The van der Waals surface area contributed by atoms with Gasteiger partial charge in [-0.25, -0.2) is 9.79 Å². The Morgan fingerprint density at radius 1 is 1.14 bits per heavy atom. The Kier molecular flexibility index (Phi) is 8.79. The lowest BCUT2D eigenvalue weighted by atomic mass is 9.95. The fourth-order valence-corrected chi connectivity index (χ4v) is 6.39. The largest absolute Gasteiger partial charge is 0.493 e. The zero-order chi connectivity index (χ0) is 31.7. The summed E-state index contributed by atoms with van der Waals surface area (Å²) >= 11 is 6.29. The monoisotopic (exact) mass is 634 g/mol. The number of hydrogen-bond acceptors (Lipinski definition) is 10. The number of anilines is 1. The summed E-state index contributed by atoms with van der Waals surface area (Å²) in [5, 5.41) is 2.51. The highest BCUT2D eigenvalue weighted by molar-refractivity contribution is 7.80. The molecule has 0 bridgehead atoms. The Morgan fingerprint density at radius 3 is 2.52 bits per heavy atom. The molecule has 2 aliphatic rings. The van der Waals surface area contributed by atoms with Crippen LogP contribution in [0.1, 0.15) is 39.3 Å². The maximum Gasteiger partial charge on any atom is 0.338 e. The number of fused-ring (bicyclic) bond motifs is 1. The predicted molar refractivity (Wildman–Crippen MR) is 168 cm³/mol. The van der Waals surface area contributed by atoms with Gasteiger partial charge in [0, 0.05) is 0 Å². The fourth-order valence-electron chi connectivity index (χ4n) is 5.04. The van der Waals surface area contributed by atoms with Crippen LogP contribution in [-0.4, -0.2) is 47.3 Å². The van der Waals surface area contributed by atoms with E-state index in [9.17, 15) is 19.2 Å². The third kappa shape index (κ3) is 5.67. The molecule has 3 heterocycles. The Bertz CT molecular complexity index is 1880. The molecule has 1 N–H and O–H groups in total. The molecule has 2 amide bonds. The lowest BCUT2D eigenvalue weighted by Crippen LogP contribution is -2.58. The molecule has 0 unspecified atom stereocenters. The van der Waals surface area contributed by atoms with Crippen molar-refractivity contribution in [3.05, 3.63) is 85.1 Å². The summed E-state index contributed by atoms with van der Waals surface area (Å²) < 4.78 is 18.3. The van der Waals surface area contributed by atoms with E-state index in [-0.39, 0.29) is 32.7 Å². The quantitative estimate of drug-likeness (QED) is 0.228. The first-order chi connectivity index (χ1) is 21.0. The van der Waals surface area contributed by atoms with E-state index < -0.39 is 35.3 Å². The Morgan fingerprint density at radius 2 is 1.86 bits per heavy atom. The predicted octanol–water partition coefficient (Wildman–Crippen LogP) is 2.61. The number of amides is 2. The molecule has 0 saturated carbocycles. The van der Waals surface area contributed by atoms with E-state index in [1.54, 1.807) is 62.4 Å². The van der Waals surface area contributed by atoms with Crippen molar-refractivity contribution in [2.24, 2.45) is 10.9 Å². The van der Waals surface area contributed by atoms with Gasteiger partial charge in [0.15, 0.2) is 21.4 Å². The van der Waals surface area contributed by atoms with Gasteiger partial charge in [0.25, 0.3) is 5.56 Å². The SMILES string of the molecule is CCOC(=O)C1=C(C)N=c2s/c(=C\[C@@H]3C(=O)NC(=S)N(c4ccccc4)C3=O)c(=O)n2[C@@H]1c1ccc(OC(C)C)c(OC)c1. The average molecular weight is 635 g/mol. The van der Waals surface area contributed by atoms with Crippen LogP contribution in [0.3, 0.4) is 0 Å². The molecular formula is C31H30N4O7S2. The van der Waals surface area contributed by atoms with Crippen molar-refractivity contribution < 1.29 is 28.6 Å². The number of thiazole rings is 1. The molecule has 0 spiro atoms. The second-order valence-electron chi connectivity index (χ2n) is 10.2. The fraction of sp³-hybridized carbons (Fsp3) is 0.290. The van der Waals surface area contributed by atoms with Crippen LogP contribution in [0, 0.1) is 5.92 Å². The Labute approximate surface area is 262 Å². The van der Waals surface area contributed by atoms with E-state index in [0.29, 0.717) is 28.4 Å². The number of esters is 1. The first kappa shape index (κ1) is 30.8. The minimum absolute atomic E-state index is 0.0501. The number of aromatic nitrogens is 1. The van der Waals surface area contributed by atoms with Crippen molar-refractivity contribution in [3.8, 4) is 11.5 Å². The summed E-state index contributed by atoms with van der Waals surface area (Å²) in [5.41, 5.74) is 1.05. The Hall–Kier alpha value is -4.62. The van der Waals surface area contributed by atoms with Crippen LogP contribution in [0.25, 0.3) is 6.08 Å². The molecule has 11 nitrogen and oxygen atoms in total. The second kappa shape index (κ2) is 12.5. The van der Waals surface area contributed by atoms with Crippen molar-refractivity contribution in [2.75, 3.05) is 18.6 Å². The van der Waals surface area contributed by atoms with Crippen LogP contribution in [0.15, 0.2) is 69.6 Å². The highest BCUT2D eigenvalue weighted by Crippen LogP contribution is 2.36. The highest BCUT2D eigenvalue weighted by atomic mass is 32.1. The van der Waals surface area contributed by atoms with Gasteiger partial charge in [-0.05, 0) is 75.8 Å². The zero-order valence-electron chi connectivity index (χ0n) is 24.7. The third-order valence-corrected chi connectivity index (χ3v) is 8.20. The maximum atomic E-state index is 14.1. The van der Waals surface area contributed by atoms with Crippen LogP contribution in [-0.2, 0) is 19.1 Å². The average Bonchev–Trinajstić information content (AvgIpc) is 3.29. The standard InChI is InChI=1S/C31H30N4O7S2/c1-6-41-29(39)24-17(4)32-31-35(25(24)18-12-13-21(42-16(2)3)22(14-18)40-5)28(38)23(44-31)15-20-26(36)33-30(43)34(27(20)37)19-10-8-7-9-11-19/h7-16,20,25H,6H2,1-5H3,(H,33,36,43)/b23-15-/t20-,25-/m1/s1. The van der Waals surface area contributed by atoms with E-state index in [1.807, 2.05) is 13.8 Å². The number of methoxy groups -OCH3 is 1. The van der Waals surface area contributed by atoms with Gasteiger partial charge in [-0.1, -0.05) is 35.6 Å². The molecular weight excluding hydrogens is 604 g/mol. The van der Waals surface area contributed by atoms with E-state index in [1.165, 1.54) is 22.7 Å². The molecule has 5 rings (SSSR count). The molecule has 13 heteroatoms. The molecule has 0 aliphatic carbocycles. The molecule has 0 radical (unpaired) electrons. The van der Waals surface area contributed by atoms with Gasteiger partial charge in [0.1, 0.15) is 5.92 Å². The summed E-state index contributed by atoms with van der Waals surface area (Å²) in [6.45, 7) is 7.26. The molecule has 1 fully saturated rings. The smallest absolute Gasteiger partial charge is 0.338 e. The summed E-state index contributed by atoms with van der Waals surface area (Å²) in [6, 6.07) is 12.9. The van der Waals surface area contributed by atoms with Crippen LogP contribution >= 0.6 is 23.6 Å². The first-order valence-electron chi connectivity index (χ1n) is 13.8. The zero-order valence-corrected chi connectivity index (χ0v) is 26.3. The topological polar surface area (TPSA) is 129 Å². The lowest BCUT2D eigenvalue weighted by Gasteiger charge is -2.31. The van der Waals surface area contributed by atoms with Gasteiger partial charge >= 0.3 is 5.97 Å². The van der Waals surface area contributed by atoms with Crippen LogP contribution in [0.5, 0.6) is 11.5 Å². The molecule has 2 aliphatic heterocycles. The number of hydrogen-bond donors (Lipinski definition) is 1. The third-order valence-electron chi connectivity index (χ3n) is 6.92. The van der Waals surface area contributed by atoms with Gasteiger partial charge < -0.3 is 19.5 Å². The van der Waals surface area contributed by atoms with E-state index in [4.69, 9.17) is 26.4 Å². The number of rotatable bonds is 8. The molecule has 2 atom stereocenters. The van der Waals surface area contributed by atoms with Gasteiger partial charge in [-0.3, -0.25) is 23.9 Å². The number of carbonyl (C=O) groups is 3. The molecule has 3 aromatic rings.